The Hall–Kier alpha value is -2.22. The molecular weight excluding hydrogens is 342 g/mol. The number of piperidine rings is 1. The lowest BCUT2D eigenvalue weighted by Crippen LogP contribution is -2.30. The number of carbonyl (C=O) groups excluding carboxylic acids is 1. The van der Waals surface area contributed by atoms with Gasteiger partial charge in [-0.15, -0.1) is 5.10 Å². The van der Waals surface area contributed by atoms with E-state index in [0.29, 0.717) is 17.7 Å². The molecule has 27 heavy (non-hydrogen) atoms. The number of aromatic nitrogens is 5. The smallest absolute Gasteiger partial charge is 0.279 e. The van der Waals surface area contributed by atoms with Crippen molar-refractivity contribution in [3.63, 3.8) is 0 Å². The number of anilines is 1. The number of carbonyl (C=O) groups is 1. The molecule has 1 amide bonds. The van der Waals surface area contributed by atoms with Gasteiger partial charge in [0.2, 0.25) is 0 Å². The number of hydrogen-bond donors (Lipinski definition) is 2. The van der Waals surface area contributed by atoms with Gasteiger partial charge in [0.15, 0.2) is 5.69 Å². The van der Waals surface area contributed by atoms with Crippen LogP contribution in [0.5, 0.6) is 0 Å². The van der Waals surface area contributed by atoms with E-state index in [9.17, 15) is 4.79 Å². The maximum Gasteiger partial charge on any atom is 0.279 e. The van der Waals surface area contributed by atoms with Crippen molar-refractivity contribution in [1.82, 2.24) is 30.1 Å². The molecule has 146 valence electrons. The molecule has 4 rings (SSSR count). The van der Waals surface area contributed by atoms with Crippen LogP contribution < -0.4 is 10.6 Å². The van der Waals surface area contributed by atoms with Crippen LogP contribution in [0.3, 0.4) is 0 Å². The molecule has 0 unspecified atom stereocenters. The zero-order valence-corrected chi connectivity index (χ0v) is 16.2. The van der Waals surface area contributed by atoms with Crippen molar-refractivity contribution in [3.8, 4) is 0 Å². The number of amides is 1. The van der Waals surface area contributed by atoms with Gasteiger partial charge in [-0.05, 0) is 45.7 Å². The second-order valence-electron chi connectivity index (χ2n) is 7.82. The fourth-order valence-electron chi connectivity index (χ4n) is 4.33. The summed E-state index contributed by atoms with van der Waals surface area (Å²) in [5.41, 5.74) is 2.31. The van der Waals surface area contributed by atoms with Crippen LogP contribution in [-0.2, 0) is 7.05 Å². The highest BCUT2D eigenvalue weighted by molar-refractivity contribution is 6.03. The zero-order chi connectivity index (χ0) is 18.8. The Morgan fingerprint density at radius 3 is 2.67 bits per heavy atom. The molecule has 0 aromatic carbocycles. The van der Waals surface area contributed by atoms with Gasteiger partial charge < -0.3 is 10.6 Å². The van der Waals surface area contributed by atoms with Gasteiger partial charge in [0.1, 0.15) is 5.82 Å². The summed E-state index contributed by atoms with van der Waals surface area (Å²) < 4.78 is 3.67. The van der Waals surface area contributed by atoms with Crippen molar-refractivity contribution in [3.05, 3.63) is 23.1 Å². The van der Waals surface area contributed by atoms with Gasteiger partial charge in [-0.25, -0.2) is 4.68 Å². The molecule has 2 aliphatic rings. The molecule has 1 aliphatic heterocycles. The molecule has 1 aliphatic carbocycles. The van der Waals surface area contributed by atoms with E-state index in [0.717, 1.165) is 43.1 Å². The number of rotatable bonds is 4. The number of nitrogens with one attached hydrogen (secondary N) is 2. The molecule has 2 aromatic heterocycles. The van der Waals surface area contributed by atoms with Crippen LogP contribution in [0.25, 0.3) is 0 Å². The number of hydrogen-bond acceptors (Lipinski definition) is 5. The largest absolute Gasteiger partial charge is 0.317 e. The fourth-order valence-corrected chi connectivity index (χ4v) is 4.33. The first-order chi connectivity index (χ1) is 13.1. The van der Waals surface area contributed by atoms with E-state index >= 15 is 0 Å². The van der Waals surface area contributed by atoms with Crippen LogP contribution in [0, 0.1) is 6.92 Å². The first kappa shape index (κ1) is 18.2. The van der Waals surface area contributed by atoms with Crippen molar-refractivity contribution in [2.75, 3.05) is 18.4 Å². The van der Waals surface area contributed by atoms with Crippen LogP contribution in [0.15, 0.2) is 6.07 Å². The van der Waals surface area contributed by atoms with E-state index in [4.69, 9.17) is 0 Å². The quantitative estimate of drug-likeness (QED) is 0.862. The molecule has 2 aromatic rings. The van der Waals surface area contributed by atoms with Gasteiger partial charge in [-0.3, -0.25) is 9.48 Å². The van der Waals surface area contributed by atoms with Crippen LogP contribution >= 0.6 is 0 Å². The Balaban J connectivity index is 1.48. The third-order valence-corrected chi connectivity index (χ3v) is 5.96. The summed E-state index contributed by atoms with van der Waals surface area (Å²) in [6, 6.07) is 2.33. The summed E-state index contributed by atoms with van der Waals surface area (Å²) in [4.78, 5) is 12.8. The van der Waals surface area contributed by atoms with Crippen molar-refractivity contribution in [2.45, 2.75) is 63.8 Å². The van der Waals surface area contributed by atoms with Crippen LogP contribution in [0.2, 0.25) is 0 Å². The number of aryl methyl sites for hydroxylation is 1. The average Bonchev–Trinajstić information content (AvgIpc) is 3.26. The highest BCUT2D eigenvalue weighted by atomic mass is 16.2. The Bertz CT molecular complexity index is 797. The molecule has 0 bridgehead atoms. The molecule has 0 spiro atoms. The third-order valence-electron chi connectivity index (χ3n) is 5.96. The molecule has 0 radical (unpaired) electrons. The van der Waals surface area contributed by atoms with E-state index in [1.807, 2.05) is 24.7 Å². The highest BCUT2D eigenvalue weighted by Crippen LogP contribution is 2.33. The topological polar surface area (TPSA) is 89.7 Å². The second-order valence-corrected chi connectivity index (χ2v) is 7.82. The Kier molecular flexibility index (Phi) is 5.24. The number of nitrogens with zero attached hydrogens (tertiary/aromatic N) is 5. The molecule has 0 atom stereocenters. The third kappa shape index (κ3) is 3.76. The van der Waals surface area contributed by atoms with E-state index in [-0.39, 0.29) is 5.91 Å². The van der Waals surface area contributed by atoms with Crippen LogP contribution in [-0.4, -0.2) is 43.8 Å². The molecule has 2 fully saturated rings. The summed E-state index contributed by atoms with van der Waals surface area (Å²) >= 11 is 0. The summed E-state index contributed by atoms with van der Waals surface area (Å²) in [6.07, 6.45) is 8.25. The Morgan fingerprint density at radius 1 is 1.19 bits per heavy atom. The maximum absolute atomic E-state index is 12.8. The van der Waals surface area contributed by atoms with Crippen LogP contribution in [0.4, 0.5) is 5.82 Å². The van der Waals surface area contributed by atoms with Crippen molar-refractivity contribution < 1.29 is 4.79 Å². The second kappa shape index (κ2) is 7.80. The normalized spacial score (nSPS) is 19.3. The molecular formula is C19H29N7O. The van der Waals surface area contributed by atoms with E-state index < -0.39 is 0 Å². The Labute approximate surface area is 159 Å². The van der Waals surface area contributed by atoms with Gasteiger partial charge in [0.05, 0.1) is 17.4 Å². The van der Waals surface area contributed by atoms with E-state index in [1.54, 1.807) is 4.68 Å². The van der Waals surface area contributed by atoms with Gasteiger partial charge in [0, 0.05) is 19.0 Å². The lowest BCUT2D eigenvalue weighted by molar-refractivity contribution is 0.102. The molecule has 8 nitrogen and oxygen atoms in total. The summed E-state index contributed by atoms with van der Waals surface area (Å²) in [5, 5.41) is 19.4. The van der Waals surface area contributed by atoms with Gasteiger partial charge in [-0.1, -0.05) is 24.5 Å². The zero-order valence-electron chi connectivity index (χ0n) is 16.2. The molecule has 1 saturated heterocycles. The summed E-state index contributed by atoms with van der Waals surface area (Å²) in [5.74, 6) is 1.01. The molecule has 2 N–H and O–H groups in total. The lowest BCUT2D eigenvalue weighted by atomic mass is 9.87. The maximum atomic E-state index is 12.8. The van der Waals surface area contributed by atoms with E-state index in [2.05, 4.69) is 26.0 Å². The van der Waals surface area contributed by atoms with Gasteiger partial charge in [0.25, 0.3) is 5.91 Å². The molecule has 8 heteroatoms. The Morgan fingerprint density at radius 2 is 1.93 bits per heavy atom. The van der Waals surface area contributed by atoms with Crippen LogP contribution in [0.1, 0.15) is 78.8 Å². The predicted octanol–water partition coefficient (Wildman–Crippen LogP) is 2.54. The van der Waals surface area contributed by atoms with Crippen molar-refractivity contribution >= 4 is 11.7 Å². The minimum atomic E-state index is -0.217. The highest BCUT2D eigenvalue weighted by Gasteiger charge is 2.24. The minimum Gasteiger partial charge on any atom is -0.317 e. The van der Waals surface area contributed by atoms with Gasteiger partial charge in [-0.2, -0.15) is 5.10 Å². The van der Waals surface area contributed by atoms with Crippen molar-refractivity contribution in [1.29, 1.82) is 0 Å². The summed E-state index contributed by atoms with van der Waals surface area (Å²) in [7, 11) is 1.88. The average molecular weight is 371 g/mol. The minimum absolute atomic E-state index is 0.217. The summed E-state index contributed by atoms with van der Waals surface area (Å²) in [6.45, 7) is 3.88. The fraction of sp³-hybridized carbons (Fsp3) is 0.684. The van der Waals surface area contributed by atoms with Crippen molar-refractivity contribution in [2.24, 2.45) is 7.05 Å². The standard InChI is InChI=1S/C19H29N7O/c1-13-18(22-24-26(13)15-8-10-20-11-9-15)19(27)21-17-12-16(23-25(17)2)14-6-4-3-5-7-14/h12,14-15,20H,3-11H2,1-2H3,(H,21,27). The van der Waals surface area contributed by atoms with E-state index in [1.165, 1.54) is 32.1 Å². The molecule has 1 saturated carbocycles. The predicted molar refractivity (Wildman–Crippen MR) is 103 cm³/mol. The van der Waals surface area contributed by atoms with Gasteiger partial charge >= 0.3 is 0 Å². The first-order valence-corrected chi connectivity index (χ1v) is 10.1. The molecule has 3 heterocycles. The SMILES string of the molecule is Cc1c(C(=O)Nc2cc(C3CCCCC3)nn2C)nnn1C1CCNCC1. The lowest BCUT2D eigenvalue weighted by Gasteiger charge is -2.23. The first-order valence-electron chi connectivity index (χ1n) is 10.1. The monoisotopic (exact) mass is 371 g/mol.